The molecule has 21 heavy (non-hydrogen) atoms. The van der Waals surface area contributed by atoms with E-state index in [4.69, 9.17) is 28.9 Å². The molecular weight excluding hydrogens is 307 g/mol. The monoisotopic (exact) mass is 328 g/mol. The lowest BCUT2D eigenvalue weighted by Crippen LogP contribution is -2.31. The molecule has 0 atom stereocenters. The standard InChI is InChI=1S/C16H22Cl2N2O/c1-2-10-3-5-11(6-4-10)9-20-16(21)12-7-13(17)15(18)14(19)8-12/h7-8,10-11H,2-6,9,19H2,1H3,(H,20,21). The predicted molar refractivity (Wildman–Crippen MR) is 88.9 cm³/mol. The fourth-order valence-electron chi connectivity index (χ4n) is 2.92. The molecule has 0 unspecified atom stereocenters. The van der Waals surface area contributed by atoms with Crippen LogP contribution < -0.4 is 11.1 Å². The minimum Gasteiger partial charge on any atom is -0.397 e. The Bertz CT molecular complexity index is 488. The lowest BCUT2D eigenvalue weighted by molar-refractivity contribution is 0.0941. The van der Waals surface area contributed by atoms with E-state index in [1.165, 1.54) is 32.1 Å². The zero-order valence-corrected chi connectivity index (χ0v) is 13.8. The number of carbonyl (C=O) groups is 1. The number of carbonyl (C=O) groups excluding carboxylic acids is 1. The van der Waals surface area contributed by atoms with E-state index in [-0.39, 0.29) is 5.91 Å². The summed E-state index contributed by atoms with van der Waals surface area (Å²) >= 11 is 11.8. The van der Waals surface area contributed by atoms with Crippen LogP contribution >= 0.6 is 23.2 Å². The van der Waals surface area contributed by atoms with E-state index in [1.807, 2.05) is 0 Å². The van der Waals surface area contributed by atoms with Gasteiger partial charge in [0.1, 0.15) is 0 Å². The molecule has 1 saturated carbocycles. The summed E-state index contributed by atoms with van der Waals surface area (Å²) in [6.07, 6.45) is 6.21. The molecule has 0 aromatic heterocycles. The molecule has 0 saturated heterocycles. The quantitative estimate of drug-likeness (QED) is 0.798. The van der Waals surface area contributed by atoms with Crippen molar-refractivity contribution >= 4 is 34.8 Å². The smallest absolute Gasteiger partial charge is 0.251 e. The van der Waals surface area contributed by atoms with Crippen molar-refractivity contribution in [1.82, 2.24) is 5.32 Å². The van der Waals surface area contributed by atoms with E-state index in [1.54, 1.807) is 12.1 Å². The van der Waals surface area contributed by atoms with Crippen LogP contribution in [0.3, 0.4) is 0 Å². The summed E-state index contributed by atoms with van der Waals surface area (Å²) in [6.45, 7) is 2.97. The van der Waals surface area contributed by atoms with Crippen molar-refractivity contribution in [2.45, 2.75) is 39.0 Å². The fourth-order valence-corrected chi connectivity index (χ4v) is 3.26. The third kappa shape index (κ3) is 4.27. The Labute approximate surface area is 136 Å². The van der Waals surface area contributed by atoms with Crippen LogP contribution in [-0.4, -0.2) is 12.5 Å². The van der Waals surface area contributed by atoms with Crippen LogP contribution in [0.1, 0.15) is 49.4 Å². The number of amides is 1. The van der Waals surface area contributed by atoms with Gasteiger partial charge in [0.05, 0.1) is 15.7 Å². The van der Waals surface area contributed by atoms with E-state index < -0.39 is 0 Å². The molecule has 0 bridgehead atoms. The minimum atomic E-state index is -0.141. The van der Waals surface area contributed by atoms with Gasteiger partial charge in [-0.3, -0.25) is 4.79 Å². The predicted octanol–water partition coefficient (Wildman–Crippen LogP) is 4.52. The summed E-state index contributed by atoms with van der Waals surface area (Å²) in [7, 11) is 0. The molecule has 3 N–H and O–H groups in total. The van der Waals surface area contributed by atoms with Gasteiger partial charge in [-0.05, 0) is 36.8 Å². The zero-order chi connectivity index (χ0) is 15.4. The van der Waals surface area contributed by atoms with Crippen molar-refractivity contribution in [2.24, 2.45) is 11.8 Å². The molecule has 0 radical (unpaired) electrons. The normalized spacial score (nSPS) is 22.0. The first-order chi connectivity index (χ1) is 10.0. The Morgan fingerprint density at radius 2 is 1.86 bits per heavy atom. The molecule has 5 heteroatoms. The SMILES string of the molecule is CCC1CCC(CNC(=O)c2cc(N)c(Cl)c(Cl)c2)CC1. The largest absolute Gasteiger partial charge is 0.397 e. The van der Waals surface area contributed by atoms with Crippen LogP contribution in [0.5, 0.6) is 0 Å². The Morgan fingerprint density at radius 1 is 1.24 bits per heavy atom. The van der Waals surface area contributed by atoms with Gasteiger partial charge < -0.3 is 11.1 Å². The number of hydrogen-bond acceptors (Lipinski definition) is 2. The van der Waals surface area contributed by atoms with E-state index in [0.29, 0.717) is 27.2 Å². The maximum Gasteiger partial charge on any atom is 0.251 e. The Balaban J connectivity index is 1.88. The van der Waals surface area contributed by atoms with Crippen molar-refractivity contribution in [3.05, 3.63) is 27.7 Å². The van der Waals surface area contributed by atoms with E-state index in [9.17, 15) is 4.79 Å². The van der Waals surface area contributed by atoms with Gasteiger partial charge in [0.15, 0.2) is 0 Å². The molecular formula is C16H22Cl2N2O. The summed E-state index contributed by atoms with van der Waals surface area (Å²) in [5.74, 6) is 1.31. The Kier molecular flexibility index (Phi) is 5.77. The molecule has 0 heterocycles. The van der Waals surface area contributed by atoms with Gasteiger partial charge in [-0.25, -0.2) is 0 Å². The molecule has 0 spiro atoms. The van der Waals surface area contributed by atoms with Gasteiger partial charge in [0.2, 0.25) is 0 Å². The molecule has 1 amide bonds. The Morgan fingerprint density at radius 3 is 2.43 bits per heavy atom. The first-order valence-electron chi connectivity index (χ1n) is 7.54. The van der Waals surface area contributed by atoms with Crippen molar-refractivity contribution in [3.63, 3.8) is 0 Å². The third-order valence-electron chi connectivity index (χ3n) is 4.41. The van der Waals surface area contributed by atoms with E-state index >= 15 is 0 Å². The lowest BCUT2D eigenvalue weighted by atomic mass is 9.81. The van der Waals surface area contributed by atoms with Crippen LogP contribution in [0.15, 0.2) is 12.1 Å². The van der Waals surface area contributed by atoms with Crippen LogP contribution in [-0.2, 0) is 0 Å². The average molecular weight is 329 g/mol. The number of benzene rings is 1. The fraction of sp³-hybridized carbons (Fsp3) is 0.562. The van der Waals surface area contributed by atoms with Gasteiger partial charge in [0, 0.05) is 12.1 Å². The van der Waals surface area contributed by atoms with Crippen LogP contribution in [0.2, 0.25) is 10.0 Å². The minimum absolute atomic E-state index is 0.141. The maximum absolute atomic E-state index is 12.2. The van der Waals surface area contributed by atoms with Crippen LogP contribution in [0.4, 0.5) is 5.69 Å². The van der Waals surface area contributed by atoms with Crippen molar-refractivity contribution in [3.8, 4) is 0 Å². The second kappa shape index (κ2) is 7.37. The Hall–Kier alpha value is -0.930. The van der Waals surface area contributed by atoms with Gasteiger partial charge in [-0.15, -0.1) is 0 Å². The summed E-state index contributed by atoms with van der Waals surface area (Å²) in [6, 6.07) is 3.13. The molecule has 2 rings (SSSR count). The highest BCUT2D eigenvalue weighted by atomic mass is 35.5. The van der Waals surface area contributed by atoms with Crippen molar-refractivity contribution < 1.29 is 4.79 Å². The first kappa shape index (κ1) is 16.4. The lowest BCUT2D eigenvalue weighted by Gasteiger charge is -2.27. The van der Waals surface area contributed by atoms with Gasteiger partial charge in [0.25, 0.3) is 5.91 Å². The van der Waals surface area contributed by atoms with Gasteiger partial charge >= 0.3 is 0 Å². The van der Waals surface area contributed by atoms with Crippen molar-refractivity contribution in [1.29, 1.82) is 0 Å². The topological polar surface area (TPSA) is 55.1 Å². The molecule has 0 aliphatic heterocycles. The highest BCUT2D eigenvalue weighted by molar-refractivity contribution is 6.43. The molecule has 1 aliphatic rings. The first-order valence-corrected chi connectivity index (χ1v) is 8.29. The zero-order valence-electron chi connectivity index (χ0n) is 12.3. The maximum atomic E-state index is 12.2. The number of hydrogen-bond donors (Lipinski definition) is 2. The molecule has 1 aromatic rings. The third-order valence-corrected chi connectivity index (χ3v) is 5.23. The number of nitrogens with two attached hydrogens (primary N) is 1. The molecule has 3 nitrogen and oxygen atoms in total. The molecule has 116 valence electrons. The van der Waals surface area contributed by atoms with Crippen molar-refractivity contribution in [2.75, 3.05) is 12.3 Å². The average Bonchev–Trinajstić information content (AvgIpc) is 2.50. The second-order valence-electron chi connectivity index (χ2n) is 5.87. The van der Waals surface area contributed by atoms with Crippen LogP contribution in [0, 0.1) is 11.8 Å². The van der Waals surface area contributed by atoms with E-state index in [0.717, 1.165) is 12.5 Å². The molecule has 1 fully saturated rings. The highest BCUT2D eigenvalue weighted by Crippen LogP contribution is 2.31. The number of nitrogen functional groups attached to an aromatic ring is 1. The molecule has 1 aliphatic carbocycles. The summed E-state index contributed by atoms with van der Waals surface area (Å²) in [5.41, 5.74) is 6.53. The molecule has 1 aromatic carbocycles. The van der Waals surface area contributed by atoms with E-state index in [2.05, 4.69) is 12.2 Å². The van der Waals surface area contributed by atoms with Crippen LogP contribution in [0.25, 0.3) is 0 Å². The summed E-state index contributed by atoms with van der Waals surface area (Å²) in [5, 5.41) is 3.59. The second-order valence-corrected chi connectivity index (χ2v) is 6.65. The number of anilines is 1. The summed E-state index contributed by atoms with van der Waals surface area (Å²) < 4.78 is 0. The van der Waals surface area contributed by atoms with Gasteiger partial charge in [-0.1, -0.05) is 49.4 Å². The summed E-state index contributed by atoms with van der Waals surface area (Å²) in [4.78, 5) is 12.2. The van der Waals surface area contributed by atoms with Gasteiger partial charge in [-0.2, -0.15) is 0 Å². The highest BCUT2D eigenvalue weighted by Gasteiger charge is 2.20. The number of halogens is 2. The number of rotatable bonds is 4. The number of nitrogens with one attached hydrogen (secondary N) is 1.